The van der Waals surface area contributed by atoms with Crippen molar-refractivity contribution >= 4 is 17.5 Å². The van der Waals surface area contributed by atoms with E-state index in [1.807, 2.05) is 0 Å². The van der Waals surface area contributed by atoms with E-state index in [2.05, 4.69) is 0 Å². The zero-order valence-corrected chi connectivity index (χ0v) is 13.2. The normalized spacial score (nSPS) is 26.8. The number of aliphatic hydroxyl groups is 1. The number of hydrogen-bond acceptors (Lipinski definition) is 4. The number of ether oxygens (including phenoxy) is 1. The van der Waals surface area contributed by atoms with Gasteiger partial charge in [-0.1, -0.05) is 11.6 Å². The molecule has 1 aromatic rings. The Balaban J connectivity index is 1.71. The maximum absolute atomic E-state index is 12.5. The van der Waals surface area contributed by atoms with Crippen LogP contribution in [0.3, 0.4) is 0 Å². The quantitative estimate of drug-likeness (QED) is 0.873. The molecule has 1 saturated heterocycles. The Morgan fingerprint density at radius 3 is 2.68 bits per heavy atom. The highest BCUT2D eigenvalue weighted by Crippen LogP contribution is 2.50. The number of aromatic hydroxyl groups is 1. The smallest absolute Gasteiger partial charge is 0.257 e. The Hall–Kier alpha value is -1.30. The Kier molecular flexibility index (Phi) is 4.05. The van der Waals surface area contributed by atoms with Crippen molar-refractivity contribution in [1.29, 1.82) is 0 Å². The van der Waals surface area contributed by atoms with Gasteiger partial charge >= 0.3 is 0 Å². The van der Waals surface area contributed by atoms with Crippen molar-refractivity contribution in [3.05, 3.63) is 28.8 Å². The SMILES string of the molecule is CO[C@H]1C[C@@H](O)C12CCN(C(=O)c1cc(Cl)ccc1O)CC2. The molecule has 1 saturated carbocycles. The molecule has 6 heteroatoms. The van der Waals surface area contributed by atoms with Crippen molar-refractivity contribution in [2.45, 2.75) is 31.5 Å². The van der Waals surface area contributed by atoms with Gasteiger partial charge in [-0.3, -0.25) is 4.79 Å². The lowest BCUT2D eigenvalue weighted by atomic mass is 9.58. The fourth-order valence-corrected chi connectivity index (χ4v) is 3.86. The molecular weight excluding hydrogens is 306 g/mol. The molecule has 0 bridgehead atoms. The van der Waals surface area contributed by atoms with Crippen LogP contribution in [0, 0.1) is 5.41 Å². The third-order valence-electron chi connectivity index (χ3n) is 5.20. The van der Waals surface area contributed by atoms with E-state index in [9.17, 15) is 15.0 Å². The molecule has 1 spiro atoms. The first-order chi connectivity index (χ1) is 10.5. The number of halogens is 1. The van der Waals surface area contributed by atoms with Gasteiger partial charge in [-0.15, -0.1) is 0 Å². The summed E-state index contributed by atoms with van der Waals surface area (Å²) in [7, 11) is 1.67. The van der Waals surface area contributed by atoms with Crippen molar-refractivity contribution in [3.8, 4) is 5.75 Å². The maximum atomic E-state index is 12.5. The summed E-state index contributed by atoms with van der Waals surface area (Å²) in [6, 6.07) is 4.46. The van der Waals surface area contributed by atoms with E-state index in [1.165, 1.54) is 12.1 Å². The largest absolute Gasteiger partial charge is 0.507 e. The van der Waals surface area contributed by atoms with Crippen LogP contribution in [0.1, 0.15) is 29.6 Å². The van der Waals surface area contributed by atoms with E-state index in [0.29, 0.717) is 37.4 Å². The number of phenols is 1. The van der Waals surface area contributed by atoms with Gasteiger partial charge in [0, 0.05) is 37.1 Å². The maximum Gasteiger partial charge on any atom is 0.257 e. The highest BCUT2D eigenvalue weighted by atomic mass is 35.5. The second-order valence-electron chi connectivity index (χ2n) is 6.16. The highest BCUT2D eigenvalue weighted by molar-refractivity contribution is 6.31. The minimum atomic E-state index is -0.353. The topological polar surface area (TPSA) is 70.0 Å². The van der Waals surface area contributed by atoms with Crippen LogP contribution >= 0.6 is 11.6 Å². The minimum absolute atomic E-state index is 0.0619. The zero-order chi connectivity index (χ0) is 15.9. The van der Waals surface area contributed by atoms with Crippen LogP contribution in [0.25, 0.3) is 0 Å². The van der Waals surface area contributed by atoms with Gasteiger partial charge in [0.05, 0.1) is 17.8 Å². The first-order valence-corrected chi connectivity index (χ1v) is 7.84. The van der Waals surface area contributed by atoms with E-state index in [-0.39, 0.29) is 34.8 Å². The summed E-state index contributed by atoms with van der Waals surface area (Å²) in [6.45, 7) is 1.09. The number of nitrogens with zero attached hydrogens (tertiary/aromatic N) is 1. The van der Waals surface area contributed by atoms with Crippen molar-refractivity contribution in [2.24, 2.45) is 5.41 Å². The summed E-state index contributed by atoms with van der Waals surface area (Å²) in [4.78, 5) is 14.2. The van der Waals surface area contributed by atoms with Crippen LogP contribution < -0.4 is 0 Å². The van der Waals surface area contributed by atoms with Gasteiger partial charge in [-0.2, -0.15) is 0 Å². The molecule has 0 radical (unpaired) electrons. The highest BCUT2D eigenvalue weighted by Gasteiger charge is 2.56. The van der Waals surface area contributed by atoms with Gasteiger partial charge in [0.25, 0.3) is 5.91 Å². The second-order valence-corrected chi connectivity index (χ2v) is 6.60. The first-order valence-electron chi connectivity index (χ1n) is 7.46. The molecule has 1 aliphatic heterocycles. The molecule has 1 heterocycles. The van der Waals surface area contributed by atoms with Gasteiger partial charge in [0.1, 0.15) is 5.75 Å². The van der Waals surface area contributed by atoms with Gasteiger partial charge in [0.2, 0.25) is 0 Å². The van der Waals surface area contributed by atoms with Crippen LogP contribution in [-0.2, 0) is 4.74 Å². The van der Waals surface area contributed by atoms with Gasteiger partial charge in [0.15, 0.2) is 0 Å². The minimum Gasteiger partial charge on any atom is -0.507 e. The van der Waals surface area contributed by atoms with Crippen LogP contribution in [-0.4, -0.2) is 53.4 Å². The first kappa shape index (κ1) is 15.6. The Morgan fingerprint density at radius 2 is 2.09 bits per heavy atom. The summed E-state index contributed by atoms with van der Waals surface area (Å²) in [6.07, 6.45) is 1.80. The molecule has 22 heavy (non-hydrogen) atoms. The molecule has 2 N–H and O–H groups in total. The van der Waals surface area contributed by atoms with E-state index in [0.717, 1.165) is 0 Å². The number of rotatable bonds is 2. The molecule has 2 fully saturated rings. The lowest BCUT2D eigenvalue weighted by Crippen LogP contribution is -2.62. The van der Waals surface area contributed by atoms with Gasteiger partial charge in [-0.05, 0) is 31.0 Å². The summed E-state index contributed by atoms with van der Waals surface area (Å²) < 4.78 is 5.44. The Bertz CT molecular complexity index is 584. The number of methoxy groups -OCH3 is 1. The van der Waals surface area contributed by atoms with Crippen molar-refractivity contribution in [3.63, 3.8) is 0 Å². The lowest BCUT2D eigenvalue weighted by Gasteiger charge is -2.56. The van der Waals surface area contributed by atoms with Crippen molar-refractivity contribution in [1.82, 2.24) is 4.90 Å². The number of phenolic OH excluding ortho intramolecular Hbond substituents is 1. The molecule has 2 atom stereocenters. The number of aliphatic hydroxyl groups excluding tert-OH is 1. The fourth-order valence-electron chi connectivity index (χ4n) is 3.69. The van der Waals surface area contributed by atoms with Crippen LogP contribution in [0.15, 0.2) is 18.2 Å². The molecule has 2 aliphatic rings. The Morgan fingerprint density at radius 1 is 1.41 bits per heavy atom. The number of amides is 1. The van der Waals surface area contributed by atoms with E-state index in [4.69, 9.17) is 16.3 Å². The summed E-state index contributed by atoms with van der Waals surface area (Å²) in [5, 5.41) is 20.4. The summed E-state index contributed by atoms with van der Waals surface area (Å²) in [5.41, 5.74) is 0.00273. The average Bonchev–Trinajstić information content (AvgIpc) is 2.54. The molecular formula is C16H20ClNO4. The number of benzene rings is 1. The molecule has 1 aliphatic carbocycles. The number of piperidine rings is 1. The zero-order valence-electron chi connectivity index (χ0n) is 12.5. The van der Waals surface area contributed by atoms with E-state index < -0.39 is 0 Å². The monoisotopic (exact) mass is 325 g/mol. The molecule has 3 rings (SSSR count). The molecule has 5 nitrogen and oxygen atoms in total. The summed E-state index contributed by atoms with van der Waals surface area (Å²) >= 11 is 5.90. The molecule has 120 valence electrons. The summed E-state index contributed by atoms with van der Waals surface area (Å²) in [5.74, 6) is -0.286. The number of carbonyl (C=O) groups is 1. The lowest BCUT2D eigenvalue weighted by molar-refractivity contribution is -0.199. The van der Waals surface area contributed by atoms with E-state index in [1.54, 1.807) is 18.1 Å². The van der Waals surface area contributed by atoms with Gasteiger partial charge in [-0.25, -0.2) is 0 Å². The second kappa shape index (κ2) is 5.72. The van der Waals surface area contributed by atoms with Crippen LogP contribution in [0.2, 0.25) is 5.02 Å². The van der Waals surface area contributed by atoms with Crippen LogP contribution in [0.5, 0.6) is 5.75 Å². The van der Waals surface area contributed by atoms with Crippen molar-refractivity contribution in [2.75, 3.05) is 20.2 Å². The average molecular weight is 326 g/mol. The Labute approximate surface area is 134 Å². The predicted octanol–water partition coefficient (Wildman–Crippen LogP) is 2.05. The number of likely N-dealkylation sites (tertiary alicyclic amines) is 1. The molecule has 0 aromatic heterocycles. The molecule has 1 amide bonds. The predicted molar refractivity (Wildman–Crippen MR) is 82.1 cm³/mol. The van der Waals surface area contributed by atoms with Crippen molar-refractivity contribution < 1.29 is 19.7 Å². The molecule has 0 unspecified atom stereocenters. The molecule has 1 aromatic carbocycles. The number of hydrogen-bond donors (Lipinski definition) is 2. The fraction of sp³-hybridized carbons (Fsp3) is 0.562. The third-order valence-corrected chi connectivity index (χ3v) is 5.43. The van der Waals surface area contributed by atoms with Gasteiger partial charge < -0.3 is 19.8 Å². The number of carbonyl (C=O) groups excluding carboxylic acids is 1. The standard InChI is InChI=1S/C16H20ClNO4/c1-22-14-9-13(20)16(14)4-6-18(7-5-16)15(21)11-8-10(17)2-3-12(11)19/h2-3,8,13-14,19-20H,4-7,9H2,1H3/t13-,14+/m1/s1. The third kappa shape index (κ3) is 2.37. The van der Waals surface area contributed by atoms with E-state index >= 15 is 0 Å². The van der Waals surface area contributed by atoms with Crippen LogP contribution in [0.4, 0.5) is 0 Å².